The highest BCUT2D eigenvalue weighted by Crippen LogP contribution is 2.31. The third-order valence-corrected chi connectivity index (χ3v) is 6.42. The third-order valence-electron chi connectivity index (χ3n) is 4.04. The van der Waals surface area contributed by atoms with Crippen LogP contribution in [0.1, 0.15) is 45.1 Å². The summed E-state index contributed by atoms with van der Waals surface area (Å²) >= 11 is 6.11. The van der Waals surface area contributed by atoms with Gasteiger partial charge in [-0.1, -0.05) is 31.5 Å². The third kappa shape index (κ3) is 3.59. The molecule has 4 nitrogen and oxygen atoms in total. The van der Waals surface area contributed by atoms with Gasteiger partial charge in [-0.05, 0) is 43.4 Å². The number of nitrogens with zero attached hydrogens (tertiary/aromatic N) is 1. The summed E-state index contributed by atoms with van der Waals surface area (Å²) in [5, 5.41) is 10.2. The smallest absolute Gasteiger partial charge is 0.244 e. The summed E-state index contributed by atoms with van der Waals surface area (Å²) in [6.07, 6.45) is 0.876. The van der Waals surface area contributed by atoms with E-state index in [1.165, 1.54) is 4.31 Å². The lowest BCUT2D eigenvalue weighted by Gasteiger charge is -2.35. The highest BCUT2D eigenvalue weighted by Gasteiger charge is 2.35. The van der Waals surface area contributed by atoms with Crippen molar-refractivity contribution in [1.82, 2.24) is 4.31 Å². The minimum atomic E-state index is -3.61. The molecule has 0 saturated carbocycles. The molecule has 0 unspecified atom stereocenters. The number of aliphatic hydroxyl groups is 1. The molecule has 1 N–H and O–H groups in total. The number of benzene rings is 1. The molecule has 0 aliphatic carbocycles. The van der Waals surface area contributed by atoms with Gasteiger partial charge in [0.25, 0.3) is 0 Å². The standard InChI is InChI=1S/C15H22ClNO3S/c1-11(2)12-4-5-13(16)14(10-12)21(19,20)17-8-6-15(3,18)7-9-17/h4-5,10-11,18H,6-9H2,1-3H3. The second kappa shape index (κ2) is 5.88. The molecule has 1 aromatic rings. The van der Waals surface area contributed by atoms with Crippen LogP contribution in [0.2, 0.25) is 5.02 Å². The van der Waals surface area contributed by atoms with Gasteiger partial charge in [0.05, 0.1) is 10.6 Å². The Morgan fingerprint density at radius 3 is 2.38 bits per heavy atom. The number of hydrogen-bond donors (Lipinski definition) is 1. The van der Waals surface area contributed by atoms with Gasteiger partial charge in [-0.15, -0.1) is 0 Å². The van der Waals surface area contributed by atoms with Crippen molar-refractivity contribution in [3.05, 3.63) is 28.8 Å². The van der Waals surface area contributed by atoms with Crippen LogP contribution in [-0.2, 0) is 10.0 Å². The molecular weight excluding hydrogens is 310 g/mol. The normalized spacial score (nSPS) is 19.9. The summed E-state index contributed by atoms with van der Waals surface area (Å²) in [7, 11) is -3.61. The predicted molar refractivity (Wildman–Crippen MR) is 84.2 cm³/mol. The maximum absolute atomic E-state index is 12.8. The predicted octanol–water partition coefficient (Wildman–Crippen LogP) is 3.00. The zero-order valence-corrected chi connectivity index (χ0v) is 14.2. The van der Waals surface area contributed by atoms with Crippen molar-refractivity contribution in [2.45, 2.75) is 50.0 Å². The molecule has 1 aliphatic rings. The van der Waals surface area contributed by atoms with Crippen LogP contribution in [0.15, 0.2) is 23.1 Å². The SMILES string of the molecule is CC(C)c1ccc(Cl)c(S(=O)(=O)N2CCC(C)(O)CC2)c1. The Morgan fingerprint density at radius 2 is 1.86 bits per heavy atom. The molecule has 1 aliphatic heterocycles. The molecule has 0 bridgehead atoms. The van der Waals surface area contributed by atoms with E-state index in [4.69, 9.17) is 11.6 Å². The van der Waals surface area contributed by atoms with E-state index in [1.54, 1.807) is 19.1 Å². The van der Waals surface area contributed by atoms with Gasteiger partial charge < -0.3 is 5.11 Å². The fraction of sp³-hybridized carbons (Fsp3) is 0.600. The fourth-order valence-corrected chi connectivity index (χ4v) is 4.38. The van der Waals surface area contributed by atoms with Crippen molar-refractivity contribution in [3.8, 4) is 0 Å². The minimum absolute atomic E-state index is 0.164. The highest BCUT2D eigenvalue weighted by atomic mass is 35.5. The highest BCUT2D eigenvalue weighted by molar-refractivity contribution is 7.89. The van der Waals surface area contributed by atoms with Crippen molar-refractivity contribution in [3.63, 3.8) is 0 Å². The van der Waals surface area contributed by atoms with Gasteiger partial charge in [0.15, 0.2) is 0 Å². The lowest BCUT2D eigenvalue weighted by Crippen LogP contribution is -2.45. The van der Waals surface area contributed by atoms with Crippen molar-refractivity contribution in [1.29, 1.82) is 0 Å². The van der Waals surface area contributed by atoms with Crippen LogP contribution in [0.5, 0.6) is 0 Å². The zero-order chi connectivity index (χ0) is 15.8. The molecule has 0 amide bonds. The quantitative estimate of drug-likeness (QED) is 0.926. The maximum Gasteiger partial charge on any atom is 0.244 e. The molecule has 118 valence electrons. The van der Waals surface area contributed by atoms with Crippen molar-refractivity contribution >= 4 is 21.6 Å². The number of piperidine rings is 1. The first-order valence-electron chi connectivity index (χ1n) is 7.15. The Kier molecular flexibility index (Phi) is 4.69. The van der Waals surface area contributed by atoms with E-state index >= 15 is 0 Å². The lowest BCUT2D eigenvalue weighted by molar-refractivity contribution is 0.0126. The van der Waals surface area contributed by atoms with Crippen LogP contribution in [-0.4, -0.2) is 36.5 Å². The largest absolute Gasteiger partial charge is 0.390 e. The lowest BCUT2D eigenvalue weighted by atomic mass is 9.95. The van der Waals surface area contributed by atoms with Crippen molar-refractivity contribution in [2.24, 2.45) is 0 Å². The van der Waals surface area contributed by atoms with Gasteiger partial charge in [0.2, 0.25) is 10.0 Å². The Labute approximate surface area is 131 Å². The second-order valence-electron chi connectivity index (χ2n) is 6.25. The van der Waals surface area contributed by atoms with Gasteiger partial charge in [-0.25, -0.2) is 8.42 Å². The Balaban J connectivity index is 2.34. The van der Waals surface area contributed by atoms with Gasteiger partial charge in [0, 0.05) is 13.1 Å². The second-order valence-corrected chi connectivity index (χ2v) is 8.56. The van der Waals surface area contributed by atoms with E-state index in [9.17, 15) is 13.5 Å². The first kappa shape index (κ1) is 16.7. The van der Waals surface area contributed by atoms with Gasteiger partial charge in [-0.2, -0.15) is 4.31 Å². The molecule has 0 radical (unpaired) electrons. The van der Waals surface area contributed by atoms with E-state index in [1.807, 2.05) is 19.9 Å². The van der Waals surface area contributed by atoms with E-state index in [0.717, 1.165) is 5.56 Å². The number of hydrogen-bond acceptors (Lipinski definition) is 3. The van der Waals surface area contributed by atoms with Crippen LogP contribution in [0, 0.1) is 0 Å². The average Bonchev–Trinajstić information content (AvgIpc) is 2.38. The molecule has 0 aromatic heterocycles. The Bertz CT molecular complexity index is 616. The molecule has 6 heteroatoms. The monoisotopic (exact) mass is 331 g/mol. The molecule has 0 spiro atoms. The van der Waals surface area contributed by atoms with Gasteiger partial charge in [0.1, 0.15) is 4.90 Å². The molecule has 1 saturated heterocycles. The topological polar surface area (TPSA) is 57.6 Å². The summed E-state index contributed by atoms with van der Waals surface area (Å²) < 4.78 is 26.9. The minimum Gasteiger partial charge on any atom is -0.390 e. The number of halogens is 1. The Morgan fingerprint density at radius 1 is 1.29 bits per heavy atom. The summed E-state index contributed by atoms with van der Waals surface area (Å²) in [6, 6.07) is 5.16. The van der Waals surface area contributed by atoms with Crippen LogP contribution in [0.25, 0.3) is 0 Å². The molecular formula is C15H22ClNO3S. The van der Waals surface area contributed by atoms with Crippen LogP contribution in [0.4, 0.5) is 0 Å². The first-order valence-corrected chi connectivity index (χ1v) is 8.97. The van der Waals surface area contributed by atoms with E-state index in [2.05, 4.69) is 0 Å². The summed E-state index contributed by atoms with van der Waals surface area (Å²) in [5.74, 6) is 0.235. The van der Waals surface area contributed by atoms with Gasteiger partial charge >= 0.3 is 0 Å². The summed E-state index contributed by atoms with van der Waals surface area (Å²) in [5.41, 5.74) is 0.164. The molecule has 21 heavy (non-hydrogen) atoms. The van der Waals surface area contributed by atoms with Crippen molar-refractivity contribution < 1.29 is 13.5 Å². The van der Waals surface area contributed by atoms with Crippen LogP contribution >= 0.6 is 11.6 Å². The Hall–Kier alpha value is -0.620. The number of sulfonamides is 1. The van der Waals surface area contributed by atoms with E-state index < -0.39 is 15.6 Å². The van der Waals surface area contributed by atoms with E-state index in [-0.39, 0.29) is 15.8 Å². The average molecular weight is 332 g/mol. The molecule has 2 rings (SSSR count). The number of rotatable bonds is 3. The molecule has 0 atom stereocenters. The zero-order valence-electron chi connectivity index (χ0n) is 12.6. The van der Waals surface area contributed by atoms with E-state index in [0.29, 0.717) is 25.9 Å². The first-order chi connectivity index (χ1) is 9.63. The van der Waals surface area contributed by atoms with Crippen molar-refractivity contribution in [2.75, 3.05) is 13.1 Å². The summed E-state index contributed by atoms with van der Waals surface area (Å²) in [4.78, 5) is 0.164. The summed E-state index contributed by atoms with van der Waals surface area (Å²) in [6.45, 7) is 6.40. The van der Waals surface area contributed by atoms with Crippen LogP contribution in [0.3, 0.4) is 0 Å². The molecule has 1 aromatic carbocycles. The fourth-order valence-electron chi connectivity index (χ4n) is 2.42. The van der Waals surface area contributed by atoms with Crippen LogP contribution < -0.4 is 0 Å². The molecule has 1 fully saturated rings. The van der Waals surface area contributed by atoms with Gasteiger partial charge in [-0.3, -0.25) is 0 Å². The molecule has 1 heterocycles. The maximum atomic E-state index is 12.8.